The van der Waals surface area contributed by atoms with Gasteiger partial charge in [-0.3, -0.25) is 8.74 Å². The van der Waals surface area contributed by atoms with Crippen molar-refractivity contribution < 1.29 is 25.6 Å². The molecule has 0 aromatic carbocycles. The molecular formula is C7H12O6S2. The monoisotopic (exact) mass is 256 g/mol. The molecule has 0 spiro atoms. The summed E-state index contributed by atoms with van der Waals surface area (Å²) in [6, 6.07) is 0. The molecule has 0 aliphatic carbocycles. The third kappa shape index (κ3) is 7.33. The summed E-state index contributed by atoms with van der Waals surface area (Å²) in [6.07, 6.45) is 0. The summed E-state index contributed by atoms with van der Waals surface area (Å²) in [5.74, 6) is 2.49. The Bertz CT molecular complexity index is 449. The van der Waals surface area contributed by atoms with Gasteiger partial charge in [0.2, 0.25) is 0 Å². The maximum absolute atomic E-state index is 11.0. The largest absolute Gasteiger partial charge is 0.286 e. The molecule has 0 bridgehead atoms. The molecule has 0 aliphatic heterocycles. The Morgan fingerprint density at radius 2 is 1.80 bits per heavy atom. The van der Waals surface area contributed by atoms with Crippen LogP contribution >= 0.6 is 0 Å². The first-order valence-corrected chi connectivity index (χ1v) is 7.04. The van der Waals surface area contributed by atoms with Crippen molar-refractivity contribution in [1.82, 2.24) is 0 Å². The van der Waals surface area contributed by atoms with E-state index in [-0.39, 0.29) is 0 Å². The van der Waals surface area contributed by atoms with Crippen molar-refractivity contribution in [3.05, 3.63) is 0 Å². The Morgan fingerprint density at radius 3 is 2.13 bits per heavy atom. The standard InChI is InChI=1S/C7H12O6S2/c1-3-4-7(5-14(8,9)10)6-15(11,12)13-2/h7H,5-6H2,1-2H3,(H,8,9,10). The molecule has 0 radical (unpaired) electrons. The maximum Gasteiger partial charge on any atom is 0.268 e. The predicted molar refractivity (Wildman–Crippen MR) is 54.2 cm³/mol. The van der Waals surface area contributed by atoms with Crippen LogP contribution in [-0.2, 0) is 24.4 Å². The van der Waals surface area contributed by atoms with Gasteiger partial charge in [0.1, 0.15) is 0 Å². The zero-order valence-corrected chi connectivity index (χ0v) is 9.93. The number of hydrogen-bond acceptors (Lipinski definition) is 5. The highest BCUT2D eigenvalue weighted by atomic mass is 32.2. The Hall–Kier alpha value is -0.620. The first-order chi connectivity index (χ1) is 6.70. The molecule has 0 heterocycles. The number of hydrogen-bond donors (Lipinski definition) is 1. The second-order valence-electron chi connectivity index (χ2n) is 2.73. The lowest BCUT2D eigenvalue weighted by atomic mass is 10.2. The second kappa shape index (κ2) is 5.46. The van der Waals surface area contributed by atoms with Crippen LogP contribution in [0.4, 0.5) is 0 Å². The van der Waals surface area contributed by atoms with Crippen LogP contribution in [0.2, 0.25) is 0 Å². The van der Waals surface area contributed by atoms with Crippen molar-refractivity contribution in [2.24, 2.45) is 5.92 Å². The Morgan fingerprint density at radius 1 is 1.27 bits per heavy atom. The molecule has 0 fully saturated rings. The molecule has 6 nitrogen and oxygen atoms in total. The van der Waals surface area contributed by atoms with Gasteiger partial charge in [-0.2, -0.15) is 16.8 Å². The van der Waals surface area contributed by atoms with E-state index < -0.39 is 37.7 Å². The molecule has 0 aromatic rings. The van der Waals surface area contributed by atoms with Crippen LogP contribution in [0.3, 0.4) is 0 Å². The van der Waals surface area contributed by atoms with Crippen molar-refractivity contribution in [2.75, 3.05) is 18.6 Å². The minimum atomic E-state index is -4.25. The Labute approximate surface area is 89.5 Å². The van der Waals surface area contributed by atoms with E-state index in [0.717, 1.165) is 7.11 Å². The van der Waals surface area contributed by atoms with E-state index >= 15 is 0 Å². The molecule has 8 heteroatoms. The fourth-order valence-electron chi connectivity index (χ4n) is 0.904. The van der Waals surface area contributed by atoms with Gasteiger partial charge in [0.25, 0.3) is 20.2 Å². The lowest BCUT2D eigenvalue weighted by molar-refractivity contribution is 0.394. The van der Waals surface area contributed by atoms with Crippen LogP contribution in [0.15, 0.2) is 0 Å². The van der Waals surface area contributed by atoms with Crippen molar-refractivity contribution in [2.45, 2.75) is 6.92 Å². The van der Waals surface area contributed by atoms with Gasteiger partial charge in [0, 0.05) is 0 Å². The Kier molecular flexibility index (Phi) is 5.23. The van der Waals surface area contributed by atoms with Crippen LogP contribution in [-0.4, -0.2) is 40.0 Å². The summed E-state index contributed by atoms with van der Waals surface area (Å²) in [4.78, 5) is 0. The van der Waals surface area contributed by atoms with E-state index in [0.29, 0.717) is 0 Å². The fraction of sp³-hybridized carbons (Fsp3) is 0.714. The highest BCUT2D eigenvalue weighted by Crippen LogP contribution is 2.05. The van der Waals surface area contributed by atoms with E-state index in [2.05, 4.69) is 16.0 Å². The van der Waals surface area contributed by atoms with Gasteiger partial charge >= 0.3 is 0 Å². The summed E-state index contributed by atoms with van der Waals surface area (Å²) in [6.45, 7) is 1.44. The highest BCUT2D eigenvalue weighted by molar-refractivity contribution is 7.87. The summed E-state index contributed by atoms with van der Waals surface area (Å²) < 4.78 is 55.8. The SMILES string of the molecule is CC#CC(CS(=O)(=O)O)CS(=O)(=O)OC. The van der Waals surface area contributed by atoms with Crippen LogP contribution in [0.1, 0.15) is 6.92 Å². The molecule has 0 amide bonds. The summed E-state index contributed by atoms with van der Waals surface area (Å²) in [5.41, 5.74) is 0. The second-order valence-corrected chi connectivity index (χ2v) is 6.01. The van der Waals surface area contributed by atoms with E-state index in [1.165, 1.54) is 6.92 Å². The molecule has 88 valence electrons. The fourth-order valence-corrected chi connectivity index (χ4v) is 2.59. The van der Waals surface area contributed by atoms with Crippen LogP contribution in [0, 0.1) is 17.8 Å². The first kappa shape index (κ1) is 14.4. The minimum Gasteiger partial charge on any atom is -0.286 e. The van der Waals surface area contributed by atoms with E-state index in [1.54, 1.807) is 0 Å². The molecule has 1 N–H and O–H groups in total. The zero-order valence-electron chi connectivity index (χ0n) is 8.30. The van der Waals surface area contributed by atoms with E-state index in [1.807, 2.05) is 0 Å². The third-order valence-corrected chi connectivity index (χ3v) is 3.56. The highest BCUT2D eigenvalue weighted by Gasteiger charge is 2.22. The van der Waals surface area contributed by atoms with Gasteiger partial charge in [0.15, 0.2) is 0 Å². The molecule has 0 aromatic heterocycles. The predicted octanol–water partition coefficient (Wildman–Crippen LogP) is -0.510. The molecule has 15 heavy (non-hydrogen) atoms. The average Bonchev–Trinajstić information content (AvgIpc) is 2.01. The molecule has 1 unspecified atom stereocenters. The van der Waals surface area contributed by atoms with Gasteiger partial charge in [-0.1, -0.05) is 5.92 Å². The lowest BCUT2D eigenvalue weighted by Gasteiger charge is -2.07. The Balaban J connectivity index is 4.77. The molecule has 0 aliphatic rings. The van der Waals surface area contributed by atoms with Crippen molar-refractivity contribution in [3.63, 3.8) is 0 Å². The topological polar surface area (TPSA) is 97.7 Å². The average molecular weight is 256 g/mol. The quantitative estimate of drug-likeness (QED) is 0.404. The molecule has 0 saturated carbocycles. The third-order valence-electron chi connectivity index (χ3n) is 1.42. The van der Waals surface area contributed by atoms with E-state index in [9.17, 15) is 16.8 Å². The van der Waals surface area contributed by atoms with Crippen molar-refractivity contribution in [3.8, 4) is 11.8 Å². The van der Waals surface area contributed by atoms with Gasteiger partial charge in [-0.25, -0.2) is 0 Å². The van der Waals surface area contributed by atoms with Crippen LogP contribution in [0.25, 0.3) is 0 Å². The molecule has 1 atom stereocenters. The van der Waals surface area contributed by atoms with Crippen molar-refractivity contribution in [1.29, 1.82) is 0 Å². The minimum absolute atomic E-state index is 0.565. The number of rotatable bonds is 5. The zero-order chi connectivity index (χ0) is 12.1. The van der Waals surface area contributed by atoms with Gasteiger partial charge in [-0.05, 0) is 6.92 Å². The summed E-state index contributed by atoms with van der Waals surface area (Å²) in [7, 11) is -7.07. The van der Waals surface area contributed by atoms with Gasteiger partial charge in [0.05, 0.1) is 24.5 Å². The van der Waals surface area contributed by atoms with Gasteiger partial charge in [-0.15, -0.1) is 5.92 Å². The molecule has 0 rings (SSSR count). The maximum atomic E-state index is 11.0. The van der Waals surface area contributed by atoms with Crippen molar-refractivity contribution >= 4 is 20.2 Å². The lowest BCUT2D eigenvalue weighted by Crippen LogP contribution is -2.23. The first-order valence-electron chi connectivity index (χ1n) is 3.86. The molecular weight excluding hydrogens is 244 g/mol. The summed E-state index contributed by atoms with van der Waals surface area (Å²) in [5, 5.41) is 0. The van der Waals surface area contributed by atoms with Crippen LogP contribution in [0.5, 0.6) is 0 Å². The summed E-state index contributed by atoms with van der Waals surface area (Å²) >= 11 is 0. The van der Waals surface area contributed by atoms with Gasteiger partial charge < -0.3 is 0 Å². The van der Waals surface area contributed by atoms with Crippen LogP contribution < -0.4 is 0 Å². The molecule has 0 saturated heterocycles. The van der Waals surface area contributed by atoms with E-state index in [4.69, 9.17) is 4.55 Å². The normalized spacial score (nSPS) is 14.1. The smallest absolute Gasteiger partial charge is 0.268 e.